The van der Waals surface area contributed by atoms with Gasteiger partial charge in [0.15, 0.2) is 0 Å². The van der Waals surface area contributed by atoms with Crippen LogP contribution in [0.3, 0.4) is 0 Å². The number of rotatable bonds is 10. The Morgan fingerprint density at radius 3 is 2.17 bits per heavy atom. The number of ether oxygens (including phenoxy) is 1. The van der Waals surface area contributed by atoms with E-state index in [1.165, 1.54) is 5.56 Å². The van der Waals surface area contributed by atoms with Crippen molar-refractivity contribution in [1.29, 1.82) is 0 Å². The fourth-order valence-corrected chi connectivity index (χ4v) is 5.21. The van der Waals surface area contributed by atoms with Gasteiger partial charge in [0, 0.05) is 43.4 Å². The highest BCUT2D eigenvalue weighted by Crippen LogP contribution is 2.28. The predicted octanol–water partition coefficient (Wildman–Crippen LogP) is 5.99. The summed E-state index contributed by atoms with van der Waals surface area (Å²) in [4.78, 5) is 36.3. The van der Waals surface area contributed by atoms with Gasteiger partial charge in [-0.2, -0.15) is 0 Å². The molecule has 7 nitrogen and oxygen atoms in total. The summed E-state index contributed by atoms with van der Waals surface area (Å²) in [6.07, 6.45) is 3.63. The Balaban J connectivity index is 1.47. The average molecular weight is 563 g/mol. The van der Waals surface area contributed by atoms with Gasteiger partial charge in [0.1, 0.15) is 6.04 Å². The summed E-state index contributed by atoms with van der Waals surface area (Å²) in [7, 11) is 0. The molecule has 5 rings (SSSR count). The summed E-state index contributed by atoms with van der Waals surface area (Å²) in [5, 5.41) is 3.10. The number of pyridine rings is 1. The third-order valence-electron chi connectivity index (χ3n) is 7.58. The third-order valence-corrected chi connectivity index (χ3v) is 7.58. The van der Waals surface area contributed by atoms with Gasteiger partial charge in [-0.3, -0.25) is 14.6 Å². The fourth-order valence-electron chi connectivity index (χ4n) is 5.21. The Hall–Kier alpha value is -4.49. The fraction of sp³-hybridized carbons (Fsp3) is 0.286. The summed E-state index contributed by atoms with van der Waals surface area (Å²) in [5.74, 6) is -0.0555. The first kappa shape index (κ1) is 29.0. The van der Waals surface area contributed by atoms with Crippen molar-refractivity contribution in [2.45, 2.75) is 38.8 Å². The van der Waals surface area contributed by atoms with Crippen LogP contribution in [0.15, 0.2) is 103 Å². The quantitative estimate of drug-likeness (QED) is 0.257. The van der Waals surface area contributed by atoms with Gasteiger partial charge < -0.3 is 19.9 Å². The van der Waals surface area contributed by atoms with Crippen molar-refractivity contribution >= 4 is 23.2 Å². The number of amides is 2. The van der Waals surface area contributed by atoms with Gasteiger partial charge in [0.2, 0.25) is 5.91 Å². The largest absolute Gasteiger partial charge is 0.378 e. The van der Waals surface area contributed by atoms with E-state index in [2.05, 4.69) is 29.0 Å². The summed E-state index contributed by atoms with van der Waals surface area (Å²) in [6.45, 7) is 7.62. The van der Waals surface area contributed by atoms with Crippen molar-refractivity contribution in [2.24, 2.45) is 0 Å². The molecule has 1 aliphatic rings. The van der Waals surface area contributed by atoms with Crippen molar-refractivity contribution in [2.75, 3.05) is 36.5 Å². The normalized spacial score (nSPS) is 13.9. The Morgan fingerprint density at radius 2 is 1.52 bits per heavy atom. The van der Waals surface area contributed by atoms with Gasteiger partial charge >= 0.3 is 0 Å². The van der Waals surface area contributed by atoms with E-state index in [-0.39, 0.29) is 24.8 Å². The van der Waals surface area contributed by atoms with E-state index in [0.29, 0.717) is 24.8 Å². The number of aromatic nitrogens is 1. The average Bonchev–Trinajstić information content (AvgIpc) is 3.03. The number of hydrogen-bond donors (Lipinski definition) is 1. The lowest BCUT2D eigenvalue weighted by Crippen LogP contribution is -2.41. The molecule has 0 saturated carbocycles. The van der Waals surface area contributed by atoms with Crippen LogP contribution in [-0.4, -0.2) is 48.0 Å². The van der Waals surface area contributed by atoms with Crippen LogP contribution in [0.25, 0.3) is 0 Å². The first-order chi connectivity index (χ1) is 20.5. The molecule has 2 amide bonds. The molecule has 7 heteroatoms. The molecular weight excluding hydrogens is 524 g/mol. The van der Waals surface area contributed by atoms with Gasteiger partial charge in [-0.1, -0.05) is 74.5 Å². The number of hydrogen-bond acceptors (Lipinski definition) is 5. The maximum absolute atomic E-state index is 14.2. The number of nitrogens with one attached hydrogen (secondary N) is 1. The molecule has 42 heavy (non-hydrogen) atoms. The van der Waals surface area contributed by atoms with Crippen molar-refractivity contribution in [3.63, 3.8) is 0 Å². The molecule has 1 N–H and O–H groups in total. The van der Waals surface area contributed by atoms with E-state index in [1.54, 1.807) is 17.3 Å². The summed E-state index contributed by atoms with van der Waals surface area (Å²) < 4.78 is 5.47. The van der Waals surface area contributed by atoms with E-state index in [1.807, 2.05) is 91.0 Å². The molecule has 0 radical (unpaired) electrons. The van der Waals surface area contributed by atoms with E-state index in [4.69, 9.17) is 4.74 Å². The zero-order chi connectivity index (χ0) is 29.3. The SMILES string of the molecule is CC(C)c1ccc([C@H](C(=O)Nc2ccc(N3CCOCC3)cc2)N(Cc2cccnc2)C(=O)Cc2ccccc2)cc1. The van der Waals surface area contributed by atoms with Crippen LogP contribution in [0.2, 0.25) is 0 Å². The molecular formula is C35H38N4O3. The van der Waals surface area contributed by atoms with Crippen LogP contribution in [0.5, 0.6) is 0 Å². The number of anilines is 2. The van der Waals surface area contributed by atoms with E-state index in [0.717, 1.165) is 35.5 Å². The minimum atomic E-state index is -0.846. The van der Waals surface area contributed by atoms with Gasteiger partial charge in [-0.15, -0.1) is 0 Å². The minimum absolute atomic E-state index is 0.138. The Morgan fingerprint density at radius 1 is 0.857 bits per heavy atom. The second-order valence-corrected chi connectivity index (χ2v) is 10.9. The molecule has 216 valence electrons. The first-order valence-corrected chi connectivity index (χ1v) is 14.5. The molecule has 1 saturated heterocycles. The van der Waals surface area contributed by atoms with Crippen molar-refractivity contribution < 1.29 is 14.3 Å². The standard InChI is InChI=1S/C35H38N4O3/c1-26(2)29-10-12-30(13-11-29)34(35(41)37-31-14-16-32(17-15-31)38-19-21-42-22-20-38)39(25-28-9-6-18-36-24-28)33(40)23-27-7-4-3-5-8-27/h3-18,24,26,34H,19-23,25H2,1-2H3,(H,37,41)/t34-/m1/s1. The maximum atomic E-state index is 14.2. The zero-order valence-electron chi connectivity index (χ0n) is 24.3. The molecule has 2 heterocycles. The van der Waals surface area contributed by atoms with Crippen molar-refractivity contribution in [3.05, 3.63) is 126 Å². The topological polar surface area (TPSA) is 74.8 Å². The number of carbonyl (C=O) groups excluding carboxylic acids is 2. The maximum Gasteiger partial charge on any atom is 0.251 e. The van der Waals surface area contributed by atoms with Gasteiger partial charge in [0.05, 0.1) is 19.6 Å². The molecule has 0 aliphatic carbocycles. The van der Waals surface area contributed by atoms with Crippen LogP contribution in [-0.2, 0) is 27.3 Å². The van der Waals surface area contributed by atoms with E-state index in [9.17, 15) is 9.59 Å². The molecule has 0 unspecified atom stereocenters. The van der Waals surface area contributed by atoms with Crippen molar-refractivity contribution in [1.82, 2.24) is 9.88 Å². The second-order valence-electron chi connectivity index (χ2n) is 10.9. The lowest BCUT2D eigenvalue weighted by Gasteiger charge is -2.32. The summed E-state index contributed by atoms with van der Waals surface area (Å²) >= 11 is 0. The monoisotopic (exact) mass is 562 g/mol. The second kappa shape index (κ2) is 13.9. The summed E-state index contributed by atoms with van der Waals surface area (Å²) in [6, 6.07) is 28.4. The van der Waals surface area contributed by atoms with Gasteiger partial charge in [-0.05, 0) is 58.5 Å². The molecule has 1 aromatic heterocycles. The van der Waals surface area contributed by atoms with Crippen LogP contribution >= 0.6 is 0 Å². The number of benzene rings is 3. The van der Waals surface area contributed by atoms with Crippen LogP contribution in [0.1, 0.15) is 48.1 Å². The number of carbonyl (C=O) groups is 2. The van der Waals surface area contributed by atoms with Gasteiger partial charge in [0.25, 0.3) is 5.91 Å². The highest BCUT2D eigenvalue weighted by Gasteiger charge is 2.32. The summed E-state index contributed by atoms with van der Waals surface area (Å²) in [5.41, 5.74) is 5.45. The lowest BCUT2D eigenvalue weighted by molar-refractivity contribution is -0.139. The molecule has 3 aromatic carbocycles. The highest BCUT2D eigenvalue weighted by molar-refractivity contribution is 5.98. The predicted molar refractivity (Wildman–Crippen MR) is 166 cm³/mol. The third kappa shape index (κ3) is 7.42. The molecule has 1 fully saturated rings. The molecule has 1 atom stereocenters. The molecule has 1 aliphatic heterocycles. The van der Waals surface area contributed by atoms with E-state index < -0.39 is 6.04 Å². The van der Waals surface area contributed by atoms with Crippen LogP contribution in [0, 0.1) is 0 Å². The Bertz CT molecular complexity index is 1440. The smallest absolute Gasteiger partial charge is 0.251 e. The Kier molecular flexibility index (Phi) is 9.62. The van der Waals surface area contributed by atoms with E-state index >= 15 is 0 Å². The molecule has 4 aromatic rings. The first-order valence-electron chi connectivity index (χ1n) is 14.5. The highest BCUT2D eigenvalue weighted by atomic mass is 16.5. The Labute approximate surface area is 248 Å². The van der Waals surface area contributed by atoms with Crippen LogP contribution in [0.4, 0.5) is 11.4 Å². The van der Waals surface area contributed by atoms with Gasteiger partial charge in [-0.25, -0.2) is 0 Å². The van der Waals surface area contributed by atoms with Crippen molar-refractivity contribution in [3.8, 4) is 0 Å². The number of morpholine rings is 1. The molecule has 0 bridgehead atoms. The number of nitrogens with zero attached hydrogens (tertiary/aromatic N) is 3. The molecule has 0 spiro atoms. The zero-order valence-corrected chi connectivity index (χ0v) is 24.3. The lowest BCUT2D eigenvalue weighted by atomic mass is 9.97. The minimum Gasteiger partial charge on any atom is -0.378 e. The van der Waals surface area contributed by atoms with Crippen LogP contribution < -0.4 is 10.2 Å².